The molecule has 0 saturated heterocycles. The van der Waals surface area contributed by atoms with Crippen molar-refractivity contribution >= 4 is 72.4 Å². The van der Waals surface area contributed by atoms with Crippen molar-refractivity contribution in [1.82, 2.24) is 23.3 Å². The quantitative estimate of drug-likeness (QED) is 0.123. The molecule has 0 N–H and O–H groups in total. The van der Waals surface area contributed by atoms with Crippen molar-refractivity contribution in [3.63, 3.8) is 0 Å². The molecule has 0 spiro atoms. The molecule has 4 heterocycles. The van der Waals surface area contributed by atoms with Crippen molar-refractivity contribution < 1.29 is 25.8 Å². The van der Waals surface area contributed by atoms with E-state index in [1.165, 1.54) is 44.1 Å². The molecular weight excluding hydrogens is 1050 g/mol. The number of para-hydroxylation sites is 3. The van der Waals surface area contributed by atoms with Crippen molar-refractivity contribution in [2.24, 2.45) is 0 Å². The molecule has 11 rings (SSSR count). The summed E-state index contributed by atoms with van der Waals surface area (Å²) in [5, 5.41) is 4.63. The summed E-state index contributed by atoms with van der Waals surface area (Å²) in [4.78, 5) is 4.99. The number of ether oxygens (including phenoxy) is 1. The summed E-state index contributed by atoms with van der Waals surface area (Å²) >= 11 is 0. The zero-order valence-corrected chi connectivity index (χ0v) is 45.2. The predicted octanol–water partition coefficient (Wildman–Crippen LogP) is 16.7. The van der Waals surface area contributed by atoms with Gasteiger partial charge in [-0.3, -0.25) is 0 Å². The van der Waals surface area contributed by atoms with E-state index >= 15 is 0 Å². The molecule has 0 bridgehead atoms. The van der Waals surface area contributed by atoms with Gasteiger partial charge in [-0.1, -0.05) is 160 Å². The minimum atomic E-state index is -0.127. The Hall–Kier alpha value is -6.84. The molecule has 71 heavy (non-hydrogen) atoms. The van der Waals surface area contributed by atoms with Crippen molar-refractivity contribution in [2.75, 3.05) is 0 Å². The Balaban J connectivity index is 0.00000582. The van der Waals surface area contributed by atoms with Crippen LogP contribution in [0.15, 0.2) is 152 Å². The van der Waals surface area contributed by atoms with Gasteiger partial charge in [0.1, 0.15) is 11.5 Å². The number of fused-ring (bicyclic) bond motifs is 7. The molecule has 0 atom stereocenters. The molecule has 0 saturated carbocycles. The average Bonchev–Trinajstić information content (AvgIpc) is 3.98. The topological polar surface area (TPSA) is 38.0 Å². The van der Waals surface area contributed by atoms with E-state index in [4.69, 9.17) is 9.72 Å². The van der Waals surface area contributed by atoms with E-state index < -0.39 is 0 Å². The van der Waals surface area contributed by atoms with Crippen LogP contribution in [0.25, 0.3) is 55.1 Å². The van der Waals surface area contributed by atoms with E-state index in [0.717, 1.165) is 56.1 Å². The maximum Gasteiger partial charge on any atom is 2.00 e. The smallest absolute Gasteiger partial charge is 0.509 e. The summed E-state index contributed by atoms with van der Waals surface area (Å²) in [5.74, 6) is 2.00. The molecule has 0 aliphatic carbocycles. The van der Waals surface area contributed by atoms with Crippen LogP contribution in [0.3, 0.4) is 0 Å². The Labute approximate surface area is 432 Å². The summed E-state index contributed by atoms with van der Waals surface area (Å²) in [5.41, 5.74) is 14.2. The van der Waals surface area contributed by atoms with Crippen LogP contribution in [0.2, 0.25) is 0 Å². The van der Waals surface area contributed by atoms with Gasteiger partial charge in [-0.05, 0) is 90.8 Å². The fraction of sp³-hybridized carbons (Fsp3) is 0.250. The molecule has 0 fully saturated rings. The Kier molecular flexibility index (Phi) is 11.6. The van der Waals surface area contributed by atoms with Gasteiger partial charge in [0.2, 0.25) is 5.69 Å². The molecule has 6 nitrogen and oxygen atoms in total. The average molecular weight is 1110 g/mol. The van der Waals surface area contributed by atoms with Crippen LogP contribution in [0.1, 0.15) is 105 Å². The number of aromatic nitrogens is 3. The van der Waals surface area contributed by atoms with E-state index in [-0.39, 0.29) is 42.7 Å². The summed E-state index contributed by atoms with van der Waals surface area (Å²) in [6.07, 6.45) is 1.92. The summed E-state index contributed by atoms with van der Waals surface area (Å²) in [6, 6.07) is 63.5. The van der Waals surface area contributed by atoms with Crippen LogP contribution in [0.4, 0.5) is 22.7 Å². The van der Waals surface area contributed by atoms with Crippen molar-refractivity contribution in [2.45, 2.75) is 105 Å². The van der Waals surface area contributed by atoms with Gasteiger partial charge >= 0.3 is 32.8 Å². The fourth-order valence-electron chi connectivity index (χ4n) is 10.0. The molecule has 0 amide bonds. The fourth-order valence-corrected chi connectivity index (χ4v) is 10.0. The van der Waals surface area contributed by atoms with Crippen LogP contribution in [0.5, 0.6) is 11.5 Å². The summed E-state index contributed by atoms with van der Waals surface area (Å²) < 4.78 is 15.8. The van der Waals surface area contributed by atoms with Gasteiger partial charge in [0.05, 0.1) is 11.0 Å². The second kappa shape index (κ2) is 17.2. The third-order valence-corrected chi connectivity index (χ3v) is 13.9. The maximum atomic E-state index is 6.80. The zero-order valence-electron chi connectivity index (χ0n) is 42.9. The third kappa shape index (κ3) is 8.45. The van der Waals surface area contributed by atoms with Crippen molar-refractivity contribution in [1.29, 1.82) is 0 Å². The maximum absolute atomic E-state index is 6.80. The van der Waals surface area contributed by atoms with Crippen LogP contribution in [-0.2, 0) is 42.7 Å². The first kappa shape index (κ1) is 47.8. The molecule has 3 aromatic heterocycles. The molecule has 0 unspecified atom stereocenters. The van der Waals surface area contributed by atoms with Crippen LogP contribution >= 0.6 is 0 Å². The normalized spacial score (nSPS) is 13.2. The largest absolute Gasteiger partial charge is 2.00 e. The van der Waals surface area contributed by atoms with Gasteiger partial charge in [-0.25, -0.2) is 4.98 Å². The first-order chi connectivity index (χ1) is 33.2. The molecule has 1 aliphatic rings. The van der Waals surface area contributed by atoms with Gasteiger partial charge in [0, 0.05) is 63.4 Å². The van der Waals surface area contributed by atoms with Gasteiger partial charge in [0.15, 0.2) is 0 Å². The standard InChI is InChI=1S/C64H61N5O.Pt/c1-61(2,3)41-31-32-65-59(36-41)69-56-30-27-45(68-54-24-15-13-21-49(54)50-22-14-16-25-55(50)68)38-52(56)51-29-28-48(39-58(51)69)70-47-20-17-19-44(37-47)66-40-67(60-53(64(10,11)12)23-18-26-57(60)66)46-34-42(62(4,5)6)33-43(35-46)63(7,8)9;/h13-36,38H,1-12H3;/q;+2. The Morgan fingerprint density at radius 1 is 0.493 bits per heavy atom. The number of pyridine rings is 1. The number of hydrogen-bond donors (Lipinski definition) is 0. The van der Waals surface area contributed by atoms with Crippen LogP contribution in [-0.4, -0.2) is 20.1 Å². The Bertz CT molecular complexity index is 3750. The van der Waals surface area contributed by atoms with E-state index in [9.17, 15) is 0 Å². The SMILES string of the molecule is CC(C)(C)c1cc([N+]2=C=[N+](c3[c-]c(Oc4[c-]c5c(cc4)c4cc(-n6c7ccccc7c7ccccc76)ccc4n5-c4cc(C(C)(C)C)ccn4)ccc3)c3cccc(C(C)(C)C)c32)cc(C(C)(C)C)c1.[Pt+2]. The first-order valence-electron chi connectivity index (χ1n) is 24.5. The Morgan fingerprint density at radius 2 is 1.11 bits per heavy atom. The Morgan fingerprint density at radius 3 is 1.76 bits per heavy atom. The molecule has 1 aliphatic heterocycles. The van der Waals surface area contributed by atoms with Crippen LogP contribution < -0.4 is 13.9 Å². The van der Waals surface area contributed by atoms with Crippen molar-refractivity contribution in [3.05, 3.63) is 186 Å². The molecule has 7 aromatic carbocycles. The van der Waals surface area contributed by atoms with Crippen LogP contribution in [0, 0.1) is 12.1 Å². The van der Waals surface area contributed by atoms with E-state index in [1.54, 1.807) is 0 Å². The minimum Gasteiger partial charge on any atom is -0.509 e. The molecule has 7 heteroatoms. The van der Waals surface area contributed by atoms with E-state index in [0.29, 0.717) is 11.5 Å². The number of hydrogen-bond acceptors (Lipinski definition) is 2. The van der Waals surface area contributed by atoms with Gasteiger partial charge in [-0.15, -0.1) is 23.6 Å². The summed E-state index contributed by atoms with van der Waals surface area (Å²) in [6.45, 7) is 27.3. The molecule has 10 aromatic rings. The summed E-state index contributed by atoms with van der Waals surface area (Å²) in [7, 11) is 0. The van der Waals surface area contributed by atoms with Gasteiger partial charge in [-0.2, -0.15) is 12.1 Å². The second-order valence-corrected chi connectivity index (χ2v) is 23.1. The third-order valence-electron chi connectivity index (χ3n) is 13.9. The van der Waals surface area contributed by atoms with Crippen molar-refractivity contribution in [3.8, 4) is 23.0 Å². The monoisotopic (exact) mass is 1110 g/mol. The van der Waals surface area contributed by atoms with E-state index in [2.05, 4.69) is 247 Å². The molecular formula is C64H61N5OPt+2. The predicted molar refractivity (Wildman–Crippen MR) is 293 cm³/mol. The second-order valence-electron chi connectivity index (χ2n) is 23.1. The molecule has 356 valence electrons. The van der Waals surface area contributed by atoms with Gasteiger partial charge in [0.25, 0.3) is 5.69 Å². The number of rotatable bonds is 6. The molecule has 0 radical (unpaired) electrons. The zero-order chi connectivity index (χ0) is 49.1. The number of nitrogens with zero attached hydrogens (tertiary/aromatic N) is 5. The minimum absolute atomic E-state index is 0. The van der Waals surface area contributed by atoms with E-state index in [1.807, 2.05) is 24.4 Å². The van der Waals surface area contributed by atoms with Gasteiger partial charge < -0.3 is 13.9 Å². The number of benzene rings is 7. The first-order valence-corrected chi connectivity index (χ1v) is 24.5.